The first-order chi connectivity index (χ1) is 7.47. The molecule has 0 saturated carbocycles. The maximum atomic E-state index is 11.9. The van der Waals surface area contributed by atoms with Crippen LogP contribution in [0.3, 0.4) is 0 Å². The molecular weight excluding hydrogens is 226 g/mol. The number of hydrogen-bond donors (Lipinski definition) is 1. The van der Waals surface area contributed by atoms with Crippen LogP contribution >= 0.6 is 11.6 Å². The Morgan fingerprint density at radius 2 is 2.19 bits per heavy atom. The van der Waals surface area contributed by atoms with Gasteiger partial charge in [0.05, 0.1) is 10.6 Å². The highest BCUT2D eigenvalue weighted by molar-refractivity contribution is 6.33. The van der Waals surface area contributed by atoms with Crippen molar-refractivity contribution in [3.8, 4) is 0 Å². The number of hydrogen-bond acceptors (Lipinski definition) is 3. The summed E-state index contributed by atoms with van der Waals surface area (Å²) in [6.07, 6.45) is 1.53. The van der Waals surface area contributed by atoms with Gasteiger partial charge in [0.1, 0.15) is 5.82 Å². The lowest BCUT2D eigenvalue weighted by atomic mass is 10.2. The second kappa shape index (κ2) is 5.16. The monoisotopic (exact) mass is 241 g/mol. The van der Waals surface area contributed by atoms with Gasteiger partial charge in [0.15, 0.2) is 0 Å². The largest absolute Gasteiger partial charge is 0.372 e. The van der Waals surface area contributed by atoms with Gasteiger partial charge in [-0.05, 0) is 19.9 Å². The Kier molecular flexibility index (Phi) is 4.12. The van der Waals surface area contributed by atoms with Crippen molar-refractivity contribution in [2.45, 2.75) is 19.9 Å². The Hall–Kier alpha value is -1.29. The highest BCUT2D eigenvalue weighted by Crippen LogP contribution is 2.20. The molecule has 1 rings (SSSR count). The first-order valence-electron chi connectivity index (χ1n) is 5.07. The average Bonchev–Trinajstić information content (AvgIpc) is 2.26. The van der Waals surface area contributed by atoms with Gasteiger partial charge in [-0.1, -0.05) is 11.6 Å². The molecule has 0 aliphatic heterocycles. The molecule has 0 aliphatic rings. The lowest BCUT2D eigenvalue weighted by Gasteiger charge is -2.21. The predicted octanol–water partition coefficient (Wildman–Crippen LogP) is 2.26. The number of carbonyl (C=O) groups excluding carboxylic acids is 1. The molecule has 0 radical (unpaired) electrons. The van der Waals surface area contributed by atoms with Crippen LogP contribution < -0.4 is 5.32 Å². The van der Waals surface area contributed by atoms with Crippen molar-refractivity contribution in [2.75, 3.05) is 19.4 Å². The number of pyridine rings is 1. The zero-order valence-electron chi connectivity index (χ0n) is 9.91. The first-order valence-corrected chi connectivity index (χ1v) is 5.45. The minimum Gasteiger partial charge on any atom is -0.372 e. The normalized spacial score (nSPS) is 10.4. The number of nitrogens with one attached hydrogen (secondary N) is 1. The fourth-order valence-electron chi connectivity index (χ4n) is 1.18. The summed E-state index contributed by atoms with van der Waals surface area (Å²) in [5, 5.41) is 3.29. The van der Waals surface area contributed by atoms with Gasteiger partial charge in [-0.3, -0.25) is 4.79 Å². The van der Waals surface area contributed by atoms with E-state index in [-0.39, 0.29) is 11.9 Å². The van der Waals surface area contributed by atoms with Crippen molar-refractivity contribution in [1.82, 2.24) is 9.88 Å². The van der Waals surface area contributed by atoms with Crippen molar-refractivity contribution in [2.24, 2.45) is 0 Å². The number of nitrogens with zero attached hydrogens (tertiary/aromatic N) is 2. The van der Waals surface area contributed by atoms with Gasteiger partial charge in [0.25, 0.3) is 5.91 Å². The number of amides is 1. The summed E-state index contributed by atoms with van der Waals surface area (Å²) in [4.78, 5) is 17.7. The average molecular weight is 242 g/mol. The Bertz CT molecular complexity index is 393. The van der Waals surface area contributed by atoms with Crippen LogP contribution in [0.2, 0.25) is 5.02 Å². The van der Waals surface area contributed by atoms with Crippen LogP contribution in [0.1, 0.15) is 24.2 Å². The number of anilines is 1. The van der Waals surface area contributed by atoms with E-state index in [9.17, 15) is 4.79 Å². The fraction of sp³-hybridized carbons (Fsp3) is 0.455. The molecule has 1 amide bonds. The summed E-state index contributed by atoms with van der Waals surface area (Å²) in [7, 11) is 3.49. The van der Waals surface area contributed by atoms with Gasteiger partial charge in [-0.15, -0.1) is 0 Å². The molecule has 1 N–H and O–H groups in total. The van der Waals surface area contributed by atoms with Gasteiger partial charge in [0.2, 0.25) is 0 Å². The molecule has 5 heteroatoms. The zero-order chi connectivity index (χ0) is 12.3. The molecule has 1 heterocycles. The maximum Gasteiger partial charge on any atom is 0.255 e. The van der Waals surface area contributed by atoms with Gasteiger partial charge < -0.3 is 10.2 Å². The van der Waals surface area contributed by atoms with Crippen LogP contribution in [0.25, 0.3) is 0 Å². The highest BCUT2D eigenvalue weighted by Gasteiger charge is 2.15. The smallest absolute Gasteiger partial charge is 0.255 e. The van der Waals surface area contributed by atoms with E-state index in [4.69, 9.17) is 11.6 Å². The van der Waals surface area contributed by atoms with Gasteiger partial charge in [-0.2, -0.15) is 0 Å². The Morgan fingerprint density at radius 3 is 2.62 bits per heavy atom. The third-order valence-corrected chi connectivity index (χ3v) is 2.71. The third kappa shape index (κ3) is 2.64. The summed E-state index contributed by atoms with van der Waals surface area (Å²) in [5.41, 5.74) is 0.500. The quantitative estimate of drug-likeness (QED) is 0.883. The summed E-state index contributed by atoms with van der Waals surface area (Å²) in [6.45, 7) is 3.91. The number of carbonyl (C=O) groups is 1. The van der Waals surface area contributed by atoms with Crippen molar-refractivity contribution in [1.29, 1.82) is 0 Å². The second-order valence-electron chi connectivity index (χ2n) is 3.81. The molecule has 1 aromatic rings. The molecule has 0 aliphatic carbocycles. The standard InChI is InChI=1S/C11H16ClN3O/c1-7(2)15(4)11(16)8-5-9(12)10(13-3)14-6-8/h5-7H,1-4H3,(H,13,14). The molecule has 88 valence electrons. The minimum absolute atomic E-state index is 0.0768. The topological polar surface area (TPSA) is 45.2 Å². The van der Waals surface area contributed by atoms with Crippen LogP contribution in [-0.4, -0.2) is 35.9 Å². The summed E-state index contributed by atoms with van der Waals surface area (Å²) in [6, 6.07) is 1.77. The molecule has 0 atom stereocenters. The molecule has 0 fully saturated rings. The van der Waals surface area contributed by atoms with E-state index in [1.807, 2.05) is 13.8 Å². The number of aromatic nitrogens is 1. The van der Waals surface area contributed by atoms with E-state index >= 15 is 0 Å². The number of halogens is 1. The van der Waals surface area contributed by atoms with Crippen molar-refractivity contribution < 1.29 is 4.79 Å². The molecule has 0 unspecified atom stereocenters. The van der Waals surface area contributed by atoms with Crippen LogP contribution in [0.15, 0.2) is 12.3 Å². The van der Waals surface area contributed by atoms with E-state index in [1.54, 1.807) is 25.1 Å². The third-order valence-electron chi connectivity index (χ3n) is 2.42. The summed E-state index contributed by atoms with van der Waals surface area (Å²) < 4.78 is 0. The van der Waals surface area contributed by atoms with Crippen molar-refractivity contribution in [3.63, 3.8) is 0 Å². The van der Waals surface area contributed by atoms with Crippen molar-refractivity contribution >= 4 is 23.3 Å². The number of rotatable bonds is 3. The molecule has 1 aromatic heterocycles. The summed E-state index contributed by atoms with van der Waals surface area (Å²) in [5.74, 6) is 0.498. The SMILES string of the molecule is CNc1ncc(C(=O)N(C)C(C)C)cc1Cl. The van der Waals surface area contributed by atoms with Crippen LogP contribution in [0, 0.1) is 0 Å². The molecule has 0 aromatic carbocycles. The lowest BCUT2D eigenvalue weighted by Crippen LogP contribution is -2.33. The maximum absolute atomic E-state index is 11.9. The molecule has 16 heavy (non-hydrogen) atoms. The second-order valence-corrected chi connectivity index (χ2v) is 4.22. The van der Waals surface area contributed by atoms with Crippen LogP contribution in [-0.2, 0) is 0 Å². The predicted molar refractivity (Wildman–Crippen MR) is 66.0 cm³/mol. The van der Waals surface area contributed by atoms with E-state index in [2.05, 4.69) is 10.3 Å². The molecule has 0 saturated heterocycles. The van der Waals surface area contributed by atoms with Crippen LogP contribution in [0.4, 0.5) is 5.82 Å². The highest BCUT2D eigenvalue weighted by atomic mass is 35.5. The lowest BCUT2D eigenvalue weighted by molar-refractivity contribution is 0.0754. The Morgan fingerprint density at radius 1 is 1.56 bits per heavy atom. The van der Waals surface area contributed by atoms with Gasteiger partial charge in [-0.25, -0.2) is 4.98 Å². The molecular formula is C11H16ClN3O. The van der Waals surface area contributed by atoms with Crippen LogP contribution in [0.5, 0.6) is 0 Å². The molecule has 0 spiro atoms. The van der Waals surface area contributed by atoms with Gasteiger partial charge >= 0.3 is 0 Å². The fourth-order valence-corrected chi connectivity index (χ4v) is 1.44. The van der Waals surface area contributed by atoms with E-state index in [0.29, 0.717) is 16.4 Å². The minimum atomic E-state index is -0.0768. The Labute approximate surface area is 101 Å². The molecule has 0 bridgehead atoms. The first kappa shape index (κ1) is 12.8. The van der Waals surface area contributed by atoms with E-state index in [1.165, 1.54) is 6.20 Å². The van der Waals surface area contributed by atoms with Crippen molar-refractivity contribution in [3.05, 3.63) is 22.8 Å². The van der Waals surface area contributed by atoms with Gasteiger partial charge in [0, 0.05) is 26.3 Å². The summed E-state index contributed by atoms with van der Waals surface area (Å²) >= 11 is 5.96. The van der Waals surface area contributed by atoms with E-state index < -0.39 is 0 Å². The zero-order valence-corrected chi connectivity index (χ0v) is 10.7. The molecule has 4 nitrogen and oxygen atoms in total. The Balaban J connectivity index is 2.97. The van der Waals surface area contributed by atoms with E-state index in [0.717, 1.165) is 0 Å².